The Morgan fingerprint density at radius 1 is 1.50 bits per heavy atom. The molecule has 3 heteroatoms. The van der Waals surface area contributed by atoms with Crippen molar-refractivity contribution < 1.29 is 0 Å². The van der Waals surface area contributed by atoms with Gasteiger partial charge in [0, 0.05) is 6.54 Å². The molecule has 0 aromatic heterocycles. The van der Waals surface area contributed by atoms with Crippen LogP contribution < -0.4 is 10.7 Å². The number of nitrogens with one attached hydrogen (secondary N) is 2. The predicted octanol–water partition coefficient (Wildman–Crippen LogP) is 0.152. The second-order valence-corrected chi connectivity index (χ2v) is 2.57. The van der Waals surface area contributed by atoms with Crippen molar-refractivity contribution in [3.05, 3.63) is 0 Å². The van der Waals surface area contributed by atoms with Gasteiger partial charge in [0.15, 0.2) is 0 Å². The SMILES string of the molecule is CCNCCC1NN1CC. The van der Waals surface area contributed by atoms with Crippen molar-refractivity contribution in [2.24, 2.45) is 0 Å². The average Bonchev–Trinajstić information content (AvgIpc) is 2.68. The van der Waals surface area contributed by atoms with Crippen molar-refractivity contribution in [3.8, 4) is 0 Å². The molecule has 2 atom stereocenters. The van der Waals surface area contributed by atoms with Gasteiger partial charge in [0.1, 0.15) is 0 Å². The van der Waals surface area contributed by atoms with Gasteiger partial charge in [0.25, 0.3) is 0 Å². The zero-order valence-electron chi connectivity index (χ0n) is 6.85. The highest BCUT2D eigenvalue weighted by Gasteiger charge is 2.29. The minimum absolute atomic E-state index is 0.657. The summed E-state index contributed by atoms with van der Waals surface area (Å²) in [6.45, 7) is 7.64. The Morgan fingerprint density at radius 3 is 2.80 bits per heavy atom. The van der Waals surface area contributed by atoms with E-state index in [9.17, 15) is 0 Å². The largest absolute Gasteiger partial charge is 0.317 e. The van der Waals surface area contributed by atoms with Gasteiger partial charge in [-0.15, -0.1) is 0 Å². The summed E-state index contributed by atoms with van der Waals surface area (Å²) in [6.07, 6.45) is 1.88. The lowest BCUT2D eigenvalue weighted by molar-refractivity contribution is 0.490. The zero-order chi connectivity index (χ0) is 7.40. The van der Waals surface area contributed by atoms with E-state index in [1.165, 1.54) is 6.42 Å². The highest BCUT2D eigenvalue weighted by molar-refractivity contribution is 4.76. The molecule has 60 valence electrons. The van der Waals surface area contributed by atoms with Gasteiger partial charge in [-0.05, 0) is 19.5 Å². The molecule has 0 spiro atoms. The third kappa shape index (κ3) is 2.25. The summed E-state index contributed by atoms with van der Waals surface area (Å²) in [5, 5.41) is 5.54. The molecule has 2 N–H and O–H groups in total. The molecule has 0 radical (unpaired) electrons. The summed E-state index contributed by atoms with van der Waals surface area (Å²) in [4.78, 5) is 0. The van der Waals surface area contributed by atoms with Crippen LogP contribution in [0.15, 0.2) is 0 Å². The van der Waals surface area contributed by atoms with Crippen LogP contribution in [0, 0.1) is 0 Å². The van der Waals surface area contributed by atoms with Crippen molar-refractivity contribution in [2.75, 3.05) is 19.6 Å². The molecular formula is C7H17N3. The van der Waals surface area contributed by atoms with Gasteiger partial charge < -0.3 is 5.32 Å². The van der Waals surface area contributed by atoms with Gasteiger partial charge in [-0.1, -0.05) is 13.8 Å². The van der Waals surface area contributed by atoms with Gasteiger partial charge in [-0.3, -0.25) is 0 Å². The highest BCUT2D eigenvalue weighted by atomic mass is 15.7. The average molecular weight is 143 g/mol. The van der Waals surface area contributed by atoms with Crippen LogP contribution in [-0.4, -0.2) is 30.8 Å². The Hall–Kier alpha value is -0.120. The molecule has 0 saturated carbocycles. The fourth-order valence-electron chi connectivity index (χ4n) is 1.11. The van der Waals surface area contributed by atoms with Crippen LogP contribution in [0.1, 0.15) is 20.3 Å². The maximum absolute atomic E-state index is 3.30. The van der Waals surface area contributed by atoms with E-state index in [-0.39, 0.29) is 0 Å². The Kier molecular flexibility index (Phi) is 3.12. The highest BCUT2D eigenvalue weighted by Crippen LogP contribution is 2.10. The topological polar surface area (TPSA) is 37.0 Å². The summed E-state index contributed by atoms with van der Waals surface area (Å²) >= 11 is 0. The van der Waals surface area contributed by atoms with E-state index in [4.69, 9.17) is 0 Å². The normalized spacial score (nSPS) is 30.6. The quantitative estimate of drug-likeness (QED) is 0.425. The van der Waals surface area contributed by atoms with Crippen LogP contribution in [0.5, 0.6) is 0 Å². The molecule has 0 aromatic carbocycles. The van der Waals surface area contributed by atoms with Gasteiger partial charge in [-0.25, -0.2) is 10.4 Å². The first kappa shape index (κ1) is 7.98. The lowest BCUT2D eigenvalue weighted by atomic mass is 10.4. The molecule has 1 saturated heterocycles. The maximum Gasteiger partial charge on any atom is 0.0875 e. The van der Waals surface area contributed by atoms with Crippen molar-refractivity contribution in [2.45, 2.75) is 26.4 Å². The van der Waals surface area contributed by atoms with Crippen LogP contribution in [0.2, 0.25) is 0 Å². The van der Waals surface area contributed by atoms with E-state index in [1.54, 1.807) is 0 Å². The maximum atomic E-state index is 3.30. The van der Waals surface area contributed by atoms with Crippen LogP contribution in [0.3, 0.4) is 0 Å². The molecular weight excluding hydrogens is 126 g/mol. The van der Waals surface area contributed by atoms with Crippen LogP contribution >= 0.6 is 0 Å². The Bertz CT molecular complexity index is 94.9. The van der Waals surface area contributed by atoms with Crippen molar-refractivity contribution in [1.82, 2.24) is 15.8 Å². The molecule has 1 aliphatic rings. The van der Waals surface area contributed by atoms with Gasteiger partial charge in [0.2, 0.25) is 0 Å². The molecule has 0 aliphatic carbocycles. The van der Waals surface area contributed by atoms with Crippen LogP contribution in [-0.2, 0) is 0 Å². The van der Waals surface area contributed by atoms with E-state index >= 15 is 0 Å². The van der Waals surface area contributed by atoms with Gasteiger partial charge >= 0.3 is 0 Å². The molecule has 1 aliphatic heterocycles. The van der Waals surface area contributed by atoms with Crippen molar-refractivity contribution >= 4 is 0 Å². The smallest absolute Gasteiger partial charge is 0.0875 e. The third-order valence-corrected chi connectivity index (χ3v) is 1.81. The Balaban J connectivity index is 1.87. The number of hydrazine groups is 1. The number of nitrogens with zero attached hydrogens (tertiary/aromatic N) is 1. The fraction of sp³-hybridized carbons (Fsp3) is 1.00. The van der Waals surface area contributed by atoms with E-state index in [0.717, 1.165) is 19.6 Å². The van der Waals surface area contributed by atoms with Gasteiger partial charge in [0.05, 0.1) is 6.17 Å². The van der Waals surface area contributed by atoms with E-state index in [1.807, 2.05) is 0 Å². The standard InChI is InChI=1S/C7H17N3/c1-3-8-6-5-7-9-10(7)4-2/h7-9H,3-6H2,1-2H3. The molecule has 2 unspecified atom stereocenters. The first-order valence-electron chi connectivity index (χ1n) is 4.12. The van der Waals surface area contributed by atoms with Crippen molar-refractivity contribution in [1.29, 1.82) is 0 Å². The van der Waals surface area contributed by atoms with Gasteiger partial charge in [-0.2, -0.15) is 0 Å². The Morgan fingerprint density at radius 2 is 2.30 bits per heavy atom. The molecule has 3 nitrogen and oxygen atoms in total. The second-order valence-electron chi connectivity index (χ2n) is 2.57. The molecule has 10 heavy (non-hydrogen) atoms. The Labute approximate surface area is 62.8 Å². The molecule has 1 rings (SSSR count). The lowest BCUT2D eigenvalue weighted by Gasteiger charge is -1.97. The zero-order valence-corrected chi connectivity index (χ0v) is 6.85. The van der Waals surface area contributed by atoms with Crippen LogP contribution in [0.4, 0.5) is 0 Å². The van der Waals surface area contributed by atoms with E-state index in [2.05, 4.69) is 29.6 Å². The number of rotatable bonds is 5. The fourth-order valence-corrected chi connectivity index (χ4v) is 1.11. The summed E-state index contributed by atoms with van der Waals surface area (Å²) in [6, 6.07) is 0. The molecule has 0 aromatic rings. The number of hydrogen-bond acceptors (Lipinski definition) is 3. The summed E-state index contributed by atoms with van der Waals surface area (Å²) in [5.74, 6) is 0. The molecule has 1 heterocycles. The first-order chi connectivity index (χ1) is 4.88. The lowest BCUT2D eigenvalue weighted by Crippen LogP contribution is -2.17. The molecule has 0 amide bonds. The van der Waals surface area contributed by atoms with E-state index < -0.39 is 0 Å². The number of hydrogen-bond donors (Lipinski definition) is 2. The predicted molar refractivity (Wildman–Crippen MR) is 42.5 cm³/mol. The molecule has 0 bridgehead atoms. The monoisotopic (exact) mass is 143 g/mol. The first-order valence-corrected chi connectivity index (χ1v) is 4.12. The van der Waals surface area contributed by atoms with Crippen molar-refractivity contribution in [3.63, 3.8) is 0 Å². The third-order valence-electron chi connectivity index (χ3n) is 1.81. The summed E-state index contributed by atoms with van der Waals surface area (Å²) in [5.41, 5.74) is 3.27. The summed E-state index contributed by atoms with van der Waals surface area (Å²) < 4.78 is 0. The second kappa shape index (κ2) is 3.91. The summed E-state index contributed by atoms with van der Waals surface area (Å²) in [7, 11) is 0. The van der Waals surface area contributed by atoms with E-state index in [0.29, 0.717) is 6.17 Å². The minimum Gasteiger partial charge on any atom is -0.317 e. The minimum atomic E-state index is 0.657. The molecule has 1 fully saturated rings. The van der Waals surface area contributed by atoms with Crippen LogP contribution in [0.25, 0.3) is 0 Å².